The highest BCUT2D eigenvalue weighted by atomic mass is 32.2. The first-order chi connectivity index (χ1) is 11.2. The Balaban J connectivity index is 2.03. The normalized spacial score (nSPS) is 20.6. The van der Waals surface area contributed by atoms with Gasteiger partial charge in [-0.05, 0) is 51.7 Å². The third kappa shape index (κ3) is 4.36. The largest absolute Gasteiger partial charge is 0.349 e. The van der Waals surface area contributed by atoms with E-state index in [1.54, 1.807) is 6.92 Å². The lowest BCUT2D eigenvalue weighted by Crippen LogP contribution is -2.46. The van der Waals surface area contributed by atoms with E-state index in [4.69, 9.17) is 0 Å². The summed E-state index contributed by atoms with van der Waals surface area (Å²) in [6.07, 6.45) is 1.47. The molecule has 5 nitrogen and oxygen atoms in total. The van der Waals surface area contributed by atoms with Gasteiger partial charge in [0.2, 0.25) is 15.9 Å². The summed E-state index contributed by atoms with van der Waals surface area (Å²) in [5.74, 6) is -0.243. The van der Waals surface area contributed by atoms with Gasteiger partial charge < -0.3 is 5.32 Å². The Bertz CT molecular complexity index is 700. The van der Waals surface area contributed by atoms with Crippen molar-refractivity contribution in [3.8, 4) is 0 Å². The second kappa shape index (κ2) is 7.66. The number of nitrogens with one attached hydrogen (secondary N) is 1. The van der Waals surface area contributed by atoms with E-state index in [9.17, 15) is 13.2 Å². The number of benzene rings is 1. The van der Waals surface area contributed by atoms with Crippen molar-refractivity contribution in [3.63, 3.8) is 0 Å². The number of hydrogen-bond donors (Lipinski definition) is 1. The number of aryl methyl sites for hydroxylation is 2. The van der Waals surface area contributed by atoms with Gasteiger partial charge in [0.15, 0.2) is 0 Å². The quantitative estimate of drug-likeness (QED) is 0.885. The summed E-state index contributed by atoms with van der Waals surface area (Å²) in [4.78, 5) is 12.6. The van der Waals surface area contributed by atoms with Crippen molar-refractivity contribution in [3.05, 3.63) is 34.9 Å². The first-order valence-electron chi connectivity index (χ1n) is 8.60. The van der Waals surface area contributed by atoms with Crippen LogP contribution in [-0.4, -0.2) is 37.5 Å². The van der Waals surface area contributed by atoms with Crippen molar-refractivity contribution in [2.75, 3.05) is 18.8 Å². The van der Waals surface area contributed by atoms with Gasteiger partial charge >= 0.3 is 0 Å². The van der Waals surface area contributed by atoms with E-state index in [1.165, 1.54) is 9.87 Å². The number of piperidine rings is 1. The minimum absolute atomic E-state index is 0.0570. The molecule has 1 aliphatic heterocycles. The van der Waals surface area contributed by atoms with Crippen LogP contribution < -0.4 is 5.32 Å². The zero-order chi connectivity index (χ0) is 17.9. The predicted octanol–water partition coefficient (Wildman–Crippen LogP) is 2.54. The van der Waals surface area contributed by atoms with E-state index >= 15 is 0 Å². The average molecular weight is 353 g/mol. The summed E-state index contributed by atoms with van der Waals surface area (Å²) >= 11 is 0. The van der Waals surface area contributed by atoms with E-state index < -0.39 is 10.0 Å². The molecule has 1 amide bonds. The maximum Gasteiger partial charge on any atom is 0.224 e. The first kappa shape index (κ1) is 18.9. The number of carbonyl (C=O) groups is 1. The van der Waals surface area contributed by atoms with Gasteiger partial charge in [0.25, 0.3) is 0 Å². The molecule has 0 aromatic heterocycles. The van der Waals surface area contributed by atoms with Crippen LogP contribution in [0.25, 0.3) is 0 Å². The summed E-state index contributed by atoms with van der Waals surface area (Å²) < 4.78 is 25.5. The van der Waals surface area contributed by atoms with Crippen LogP contribution in [0, 0.1) is 19.8 Å². The lowest BCUT2D eigenvalue weighted by Gasteiger charge is -2.31. The Labute approximate surface area is 145 Å². The fraction of sp³-hybridized carbons (Fsp3) is 0.611. The Hall–Kier alpha value is -1.40. The number of nitrogens with zero attached hydrogens (tertiary/aromatic N) is 1. The van der Waals surface area contributed by atoms with Gasteiger partial charge in [-0.2, -0.15) is 0 Å². The lowest BCUT2D eigenvalue weighted by atomic mass is 9.96. The Morgan fingerprint density at radius 3 is 2.71 bits per heavy atom. The summed E-state index contributed by atoms with van der Waals surface area (Å²) in [6, 6.07) is 6.11. The monoisotopic (exact) mass is 352 g/mol. The second-order valence-electron chi connectivity index (χ2n) is 6.69. The smallest absolute Gasteiger partial charge is 0.224 e. The van der Waals surface area contributed by atoms with Crippen LogP contribution in [0.4, 0.5) is 0 Å². The predicted molar refractivity (Wildman–Crippen MR) is 96.2 cm³/mol. The average Bonchev–Trinajstić information content (AvgIpc) is 2.54. The second-order valence-corrected chi connectivity index (χ2v) is 8.95. The molecule has 2 atom stereocenters. The maximum atomic E-state index is 12.6. The fourth-order valence-corrected chi connectivity index (χ4v) is 4.49. The standard InChI is InChI=1S/C18H28N2O3S/c1-5-24(22,23)20-10-6-7-16(12-20)18(21)19-15(4)17-9-8-13(2)11-14(17)3/h8-9,11,15-16H,5-7,10,12H2,1-4H3,(H,19,21)/t15-,16-/m1/s1. The summed E-state index contributed by atoms with van der Waals surface area (Å²) in [5.41, 5.74) is 3.45. The van der Waals surface area contributed by atoms with Crippen LogP contribution in [0.2, 0.25) is 0 Å². The topological polar surface area (TPSA) is 66.5 Å². The molecule has 1 fully saturated rings. The SMILES string of the molecule is CCS(=O)(=O)N1CCC[C@@H](C(=O)N[C@H](C)c2ccc(C)cc2C)C1. The van der Waals surface area contributed by atoms with Crippen molar-refractivity contribution in [2.24, 2.45) is 5.92 Å². The maximum absolute atomic E-state index is 12.6. The third-order valence-corrected chi connectivity index (χ3v) is 6.61. The van der Waals surface area contributed by atoms with Crippen LogP contribution in [0.3, 0.4) is 0 Å². The van der Waals surface area contributed by atoms with Crippen molar-refractivity contribution in [1.29, 1.82) is 0 Å². The van der Waals surface area contributed by atoms with E-state index in [0.29, 0.717) is 13.1 Å². The van der Waals surface area contributed by atoms with Gasteiger partial charge in [-0.15, -0.1) is 0 Å². The van der Waals surface area contributed by atoms with E-state index in [2.05, 4.69) is 11.4 Å². The van der Waals surface area contributed by atoms with Crippen molar-refractivity contribution in [2.45, 2.75) is 46.6 Å². The van der Waals surface area contributed by atoms with E-state index in [0.717, 1.165) is 24.0 Å². The lowest BCUT2D eigenvalue weighted by molar-refractivity contribution is -0.126. The third-order valence-electron chi connectivity index (χ3n) is 4.76. The van der Waals surface area contributed by atoms with Gasteiger partial charge in [-0.25, -0.2) is 12.7 Å². The molecule has 1 aromatic rings. The Kier molecular flexibility index (Phi) is 6.04. The first-order valence-corrected chi connectivity index (χ1v) is 10.2. The van der Waals surface area contributed by atoms with Crippen LogP contribution >= 0.6 is 0 Å². The summed E-state index contributed by atoms with van der Waals surface area (Å²) in [7, 11) is -3.23. The molecule has 0 aliphatic carbocycles. The molecule has 1 N–H and O–H groups in total. The zero-order valence-corrected chi connectivity index (χ0v) is 15.8. The molecule has 1 saturated heterocycles. The van der Waals surface area contributed by atoms with Gasteiger partial charge in [0.1, 0.15) is 0 Å². The van der Waals surface area contributed by atoms with Crippen LogP contribution in [-0.2, 0) is 14.8 Å². The molecule has 6 heteroatoms. The molecule has 2 rings (SSSR count). The molecular formula is C18H28N2O3S. The van der Waals surface area contributed by atoms with Crippen LogP contribution in [0.5, 0.6) is 0 Å². The molecule has 1 heterocycles. The van der Waals surface area contributed by atoms with Crippen LogP contribution in [0.1, 0.15) is 49.4 Å². The van der Waals surface area contributed by atoms with Gasteiger partial charge in [-0.3, -0.25) is 4.79 Å². The van der Waals surface area contributed by atoms with Crippen molar-refractivity contribution < 1.29 is 13.2 Å². The highest BCUT2D eigenvalue weighted by Gasteiger charge is 2.31. The number of rotatable bonds is 5. The van der Waals surface area contributed by atoms with Crippen molar-refractivity contribution in [1.82, 2.24) is 9.62 Å². The number of sulfonamides is 1. The molecule has 0 saturated carbocycles. The number of hydrogen-bond acceptors (Lipinski definition) is 3. The highest BCUT2D eigenvalue weighted by molar-refractivity contribution is 7.89. The number of carbonyl (C=O) groups excluding carboxylic acids is 1. The molecule has 1 aromatic carbocycles. The molecule has 0 bridgehead atoms. The molecule has 134 valence electrons. The minimum atomic E-state index is -3.23. The molecule has 0 unspecified atom stereocenters. The summed E-state index contributed by atoms with van der Waals surface area (Å²) in [6.45, 7) is 8.51. The molecule has 24 heavy (non-hydrogen) atoms. The Morgan fingerprint density at radius 1 is 1.38 bits per heavy atom. The highest BCUT2D eigenvalue weighted by Crippen LogP contribution is 2.23. The molecular weight excluding hydrogens is 324 g/mol. The van der Waals surface area contributed by atoms with Crippen LogP contribution in [0.15, 0.2) is 18.2 Å². The van der Waals surface area contributed by atoms with Gasteiger partial charge in [-0.1, -0.05) is 23.8 Å². The van der Waals surface area contributed by atoms with Gasteiger partial charge in [0.05, 0.1) is 17.7 Å². The molecule has 0 radical (unpaired) electrons. The summed E-state index contributed by atoms with van der Waals surface area (Å²) in [5, 5.41) is 3.06. The number of amides is 1. The molecule has 1 aliphatic rings. The van der Waals surface area contributed by atoms with E-state index in [1.807, 2.05) is 32.9 Å². The minimum Gasteiger partial charge on any atom is -0.349 e. The van der Waals surface area contributed by atoms with Gasteiger partial charge in [0, 0.05) is 13.1 Å². The zero-order valence-electron chi connectivity index (χ0n) is 15.0. The van der Waals surface area contributed by atoms with E-state index in [-0.39, 0.29) is 23.6 Å². The fourth-order valence-electron chi connectivity index (χ4n) is 3.31. The van der Waals surface area contributed by atoms with Crippen molar-refractivity contribution >= 4 is 15.9 Å². The Morgan fingerprint density at radius 2 is 2.08 bits per heavy atom. The molecule has 0 spiro atoms.